The highest BCUT2D eigenvalue weighted by Gasteiger charge is 2.35. The maximum Gasteiger partial charge on any atom is 0.0818 e. The predicted octanol–water partition coefficient (Wildman–Crippen LogP) is 1.03. The largest absolute Gasteiger partial charge is 0.302 e. The summed E-state index contributed by atoms with van der Waals surface area (Å²) < 4.78 is 2.80. The molecule has 16 heavy (non-hydrogen) atoms. The van der Waals surface area contributed by atoms with E-state index in [9.17, 15) is 0 Å². The van der Waals surface area contributed by atoms with E-state index in [1.807, 2.05) is 25.8 Å². The minimum absolute atomic E-state index is 0.00984. The first-order valence-corrected chi connectivity index (χ1v) is 5.92. The van der Waals surface area contributed by atoms with E-state index >= 15 is 0 Å². The molecular weight excluding hydrogens is 270 g/mol. The first kappa shape index (κ1) is 13.6. The fraction of sp³-hybridized carbons (Fsp3) is 0.700. The molecule has 1 atom stereocenters. The molecule has 0 aliphatic carbocycles. The molecule has 0 fully saturated rings. The van der Waals surface area contributed by atoms with Crippen LogP contribution in [0.25, 0.3) is 0 Å². The number of rotatable bonds is 4. The highest BCUT2D eigenvalue weighted by Crippen LogP contribution is 2.32. The van der Waals surface area contributed by atoms with Crippen molar-refractivity contribution in [2.75, 3.05) is 14.1 Å². The summed E-state index contributed by atoms with van der Waals surface area (Å²) in [4.78, 5) is 2.14. The van der Waals surface area contributed by atoms with E-state index < -0.39 is 0 Å². The van der Waals surface area contributed by atoms with Crippen LogP contribution in [0, 0.1) is 0 Å². The quantitative estimate of drug-likeness (QED) is 0.642. The van der Waals surface area contributed by atoms with Crippen molar-refractivity contribution in [3.63, 3.8) is 0 Å². The molecule has 1 aromatic rings. The summed E-state index contributed by atoms with van der Waals surface area (Å²) in [5.74, 6) is 5.69. The molecule has 1 unspecified atom stereocenters. The van der Waals surface area contributed by atoms with E-state index in [1.54, 1.807) is 6.20 Å². The van der Waals surface area contributed by atoms with Gasteiger partial charge in [-0.05, 0) is 43.9 Å². The summed E-state index contributed by atoms with van der Waals surface area (Å²) >= 11 is 3.50. The molecule has 92 valence electrons. The molecule has 0 spiro atoms. The third-order valence-electron chi connectivity index (χ3n) is 3.24. The van der Waals surface area contributed by atoms with Crippen molar-refractivity contribution in [1.29, 1.82) is 0 Å². The van der Waals surface area contributed by atoms with Gasteiger partial charge in [0.25, 0.3) is 0 Å². The zero-order chi connectivity index (χ0) is 12.5. The van der Waals surface area contributed by atoms with Gasteiger partial charge < -0.3 is 4.90 Å². The molecule has 0 aliphatic rings. The molecule has 0 bridgehead atoms. The Morgan fingerprint density at radius 1 is 1.56 bits per heavy atom. The van der Waals surface area contributed by atoms with Crippen LogP contribution in [0.1, 0.15) is 25.6 Å². The number of hydrazine groups is 1. The van der Waals surface area contributed by atoms with Gasteiger partial charge in [-0.3, -0.25) is 10.5 Å². The average Bonchev–Trinajstić information content (AvgIpc) is 2.50. The maximum atomic E-state index is 5.69. The van der Waals surface area contributed by atoms with Crippen molar-refractivity contribution in [2.24, 2.45) is 12.9 Å². The smallest absolute Gasteiger partial charge is 0.0818 e. The SMILES string of the molecule is CN(C)C(C)(C)C(NN)c1c(Br)cnn1C. The molecule has 1 aromatic heterocycles. The minimum Gasteiger partial charge on any atom is -0.302 e. The summed E-state index contributed by atoms with van der Waals surface area (Å²) in [5, 5.41) is 4.21. The maximum absolute atomic E-state index is 5.69. The van der Waals surface area contributed by atoms with E-state index in [1.165, 1.54) is 0 Å². The number of aromatic nitrogens is 2. The minimum atomic E-state index is -0.120. The van der Waals surface area contributed by atoms with E-state index in [0.29, 0.717) is 0 Å². The van der Waals surface area contributed by atoms with E-state index in [-0.39, 0.29) is 11.6 Å². The van der Waals surface area contributed by atoms with Crippen LogP contribution < -0.4 is 11.3 Å². The Labute approximate surface area is 105 Å². The lowest BCUT2D eigenvalue weighted by molar-refractivity contribution is 0.133. The second kappa shape index (κ2) is 4.83. The van der Waals surface area contributed by atoms with E-state index in [4.69, 9.17) is 5.84 Å². The van der Waals surface area contributed by atoms with Crippen molar-refractivity contribution < 1.29 is 0 Å². The molecule has 1 heterocycles. The average molecular weight is 290 g/mol. The van der Waals surface area contributed by atoms with Crippen LogP contribution in [0.4, 0.5) is 0 Å². The number of nitrogens with two attached hydrogens (primary N) is 1. The molecule has 0 aromatic carbocycles. The van der Waals surface area contributed by atoms with Crippen LogP contribution in [-0.4, -0.2) is 34.3 Å². The number of aryl methyl sites for hydroxylation is 1. The number of nitrogens with one attached hydrogen (secondary N) is 1. The van der Waals surface area contributed by atoms with Crippen molar-refractivity contribution in [2.45, 2.75) is 25.4 Å². The number of nitrogens with zero attached hydrogens (tertiary/aromatic N) is 3. The third kappa shape index (κ3) is 2.29. The zero-order valence-corrected chi connectivity index (χ0v) is 12.0. The van der Waals surface area contributed by atoms with Crippen LogP contribution in [-0.2, 0) is 7.05 Å². The Morgan fingerprint density at radius 3 is 2.44 bits per heavy atom. The Morgan fingerprint density at radius 2 is 2.12 bits per heavy atom. The number of likely N-dealkylation sites (N-methyl/N-ethyl adjacent to an activating group) is 1. The highest BCUT2D eigenvalue weighted by atomic mass is 79.9. The second-order valence-electron chi connectivity index (χ2n) is 4.65. The van der Waals surface area contributed by atoms with Gasteiger partial charge in [0.15, 0.2) is 0 Å². The van der Waals surface area contributed by atoms with Gasteiger partial charge in [0.2, 0.25) is 0 Å². The summed E-state index contributed by atoms with van der Waals surface area (Å²) in [6.45, 7) is 4.27. The normalized spacial score (nSPS) is 14.5. The van der Waals surface area contributed by atoms with E-state index in [0.717, 1.165) is 10.2 Å². The van der Waals surface area contributed by atoms with Gasteiger partial charge in [-0.1, -0.05) is 0 Å². The Hall–Kier alpha value is -0.430. The van der Waals surface area contributed by atoms with Gasteiger partial charge in [-0.25, -0.2) is 5.43 Å². The molecule has 0 aliphatic heterocycles. The van der Waals surface area contributed by atoms with E-state index in [2.05, 4.69) is 45.2 Å². The second-order valence-corrected chi connectivity index (χ2v) is 5.50. The Balaban J connectivity index is 3.18. The lowest BCUT2D eigenvalue weighted by Crippen LogP contribution is -2.52. The van der Waals surface area contributed by atoms with Crippen LogP contribution in [0.5, 0.6) is 0 Å². The topological polar surface area (TPSA) is 59.1 Å². The lowest BCUT2D eigenvalue weighted by Gasteiger charge is -2.39. The number of hydrogen-bond acceptors (Lipinski definition) is 4. The molecule has 1 rings (SSSR count). The summed E-state index contributed by atoms with van der Waals surface area (Å²) in [5.41, 5.74) is 3.80. The molecule has 0 amide bonds. The summed E-state index contributed by atoms with van der Waals surface area (Å²) in [6, 6.07) is -0.00984. The number of halogens is 1. The van der Waals surface area contributed by atoms with Crippen LogP contribution in [0.2, 0.25) is 0 Å². The zero-order valence-electron chi connectivity index (χ0n) is 10.5. The van der Waals surface area contributed by atoms with Crippen LogP contribution in [0.15, 0.2) is 10.7 Å². The van der Waals surface area contributed by atoms with Crippen LogP contribution >= 0.6 is 15.9 Å². The predicted molar refractivity (Wildman–Crippen MR) is 68.7 cm³/mol. The van der Waals surface area contributed by atoms with Crippen LogP contribution in [0.3, 0.4) is 0 Å². The van der Waals surface area contributed by atoms with Crippen molar-refractivity contribution in [1.82, 2.24) is 20.1 Å². The summed E-state index contributed by atoms with van der Waals surface area (Å²) in [7, 11) is 5.99. The van der Waals surface area contributed by atoms with Gasteiger partial charge >= 0.3 is 0 Å². The molecule has 0 saturated carbocycles. The Kier molecular flexibility index (Phi) is 4.12. The molecule has 5 nitrogen and oxygen atoms in total. The lowest BCUT2D eigenvalue weighted by atomic mass is 9.91. The molecular formula is C10H20BrN5. The standard InChI is InChI=1S/C10H20BrN5/c1-10(2,15(3)4)9(14-12)8-7(11)6-13-16(8)5/h6,9,14H,12H2,1-5H3. The van der Waals surface area contributed by atoms with Gasteiger partial charge in [0.05, 0.1) is 22.4 Å². The fourth-order valence-corrected chi connectivity index (χ4v) is 2.20. The van der Waals surface area contributed by atoms with Crippen molar-refractivity contribution in [3.8, 4) is 0 Å². The monoisotopic (exact) mass is 289 g/mol. The van der Waals surface area contributed by atoms with Gasteiger partial charge in [-0.2, -0.15) is 5.10 Å². The third-order valence-corrected chi connectivity index (χ3v) is 3.85. The fourth-order valence-electron chi connectivity index (χ4n) is 1.62. The summed E-state index contributed by atoms with van der Waals surface area (Å²) in [6.07, 6.45) is 1.78. The van der Waals surface area contributed by atoms with Crippen molar-refractivity contribution >= 4 is 15.9 Å². The van der Waals surface area contributed by atoms with Gasteiger partial charge in [-0.15, -0.1) is 0 Å². The number of hydrogen-bond donors (Lipinski definition) is 2. The van der Waals surface area contributed by atoms with Crippen molar-refractivity contribution in [3.05, 3.63) is 16.4 Å². The Bertz CT molecular complexity index is 339. The molecule has 0 radical (unpaired) electrons. The van der Waals surface area contributed by atoms with Gasteiger partial charge in [0, 0.05) is 12.6 Å². The highest BCUT2D eigenvalue weighted by molar-refractivity contribution is 9.10. The molecule has 0 saturated heterocycles. The first-order valence-electron chi connectivity index (χ1n) is 5.13. The first-order chi connectivity index (χ1) is 7.32. The molecule has 6 heteroatoms. The molecule has 3 N–H and O–H groups in total. The van der Waals surface area contributed by atoms with Gasteiger partial charge in [0.1, 0.15) is 0 Å².